The summed E-state index contributed by atoms with van der Waals surface area (Å²) in [7, 11) is 2.01. The Kier molecular flexibility index (Phi) is 4.86. The predicted molar refractivity (Wildman–Crippen MR) is 95.8 cm³/mol. The van der Waals surface area contributed by atoms with Gasteiger partial charge in [0.15, 0.2) is 0 Å². The van der Waals surface area contributed by atoms with Gasteiger partial charge in [-0.2, -0.15) is 0 Å². The molecule has 1 saturated carbocycles. The fourth-order valence-electron chi connectivity index (χ4n) is 3.42. The number of amides is 1. The number of nitrogens with zero attached hydrogens (tertiary/aromatic N) is 5. The Morgan fingerprint density at radius 3 is 2.77 bits per heavy atom. The van der Waals surface area contributed by atoms with Crippen LogP contribution in [-0.2, 0) is 13.5 Å². The molecule has 2 fully saturated rings. The van der Waals surface area contributed by atoms with E-state index < -0.39 is 0 Å². The van der Waals surface area contributed by atoms with Crippen molar-refractivity contribution in [3.05, 3.63) is 36.3 Å². The molecule has 26 heavy (non-hydrogen) atoms. The molecule has 0 aromatic carbocycles. The molecule has 1 unspecified atom stereocenters. The van der Waals surface area contributed by atoms with Gasteiger partial charge in [0.1, 0.15) is 11.5 Å². The highest BCUT2D eigenvalue weighted by atomic mass is 16.5. The molecule has 1 aliphatic heterocycles. The molecule has 2 aromatic heterocycles. The van der Waals surface area contributed by atoms with Gasteiger partial charge in [-0.15, -0.1) is 0 Å². The Bertz CT molecular complexity index is 754. The lowest BCUT2D eigenvalue weighted by Crippen LogP contribution is -2.41. The van der Waals surface area contributed by atoms with Gasteiger partial charge in [0.2, 0.25) is 5.88 Å². The minimum Gasteiger partial charge on any atom is -0.476 e. The minimum absolute atomic E-state index is 0.0456. The third-order valence-electron chi connectivity index (χ3n) is 5.21. The summed E-state index contributed by atoms with van der Waals surface area (Å²) in [4.78, 5) is 27.6. The molecule has 1 atom stereocenters. The van der Waals surface area contributed by atoms with Gasteiger partial charge in [0.05, 0.1) is 19.0 Å². The zero-order valence-corrected chi connectivity index (χ0v) is 15.2. The van der Waals surface area contributed by atoms with Gasteiger partial charge in [-0.3, -0.25) is 4.79 Å². The van der Waals surface area contributed by atoms with Crippen molar-refractivity contribution in [1.29, 1.82) is 0 Å². The predicted octanol–water partition coefficient (Wildman–Crippen LogP) is 2.09. The van der Waals surface area contributed by atoms with Crippen LogP contribution in [0.25, 0.3) is 0 Å². The van der Waals surface area contributed by atoms with Crippen LogP contribution in [0.2, 0.25) is 0 Å². The summed E-state index contributed by atoms with van der Waals surface area (Å²) < 4.78 is 7.64. The van der Waals surface area contributed by atoms with Crippen molar-refractivity contribution in [1.82, 2.24) is 24.4 Å². The van der Waals surface area contributed by atoms with Crippen LogP contribution in [0.4, 0.5) is 0 Å². The largest absolute Gasteiger partial charge is 0.476 e. The van der Waals surface area contributed by atoms with Crippen LogP contribution in [0.1, 0.15) is 42.0 Å². The van der Waals surface area contributed by atoms with Crippen LogP contribution >= 0.6 is 0 Å². The number of aromatic nitrogens is 4. The number of aryl methyl sites for hydroxylation is 1. The molecule has 1 aliphatic carbocycles. The highest BCUT2D eigenvalue weighted by molar-refractivity contribution is 5.92. The Labute approximate surface area is 153 Å². The molecule has 2 aromatic rings. The first-order chi connectivity index (χ1) is 12.7. The zero-order valence-electron chi connectivity index (χ0n) is 15.2. The summed E-state index contributed by atoms with van der Waals surface area (Å²) in [6.45, 7) is 2.22. The topological polar surface area (TPSA) is 73.1 Å². The monoisotopic (exact) mass is 355 g/mol. The normalized spacial score (nSPS) is 20.2. The second-order valence-electron chi connectivity index (χ2n) is 7.41. The van der Waals surface area contributed by atoms with Crippen LogP contribution in [0.3, 0.4) is 0 Å². The summed E-state index contributed by atoms with van der Waals surface area (Å²) in [5.41, 5.74) is 0.390. The number of hydrogen-bond acceptors (Lipinski definition) is 5. The number of piperidine rings is 1. The van der Waals surface area contributed by atoms with Gasteiger partial charge < -0.3 is 14.2 Å². The maximum atomic E-state index is 12.8. The van der Waals surface area contributed by atoms with Gasteiger partial charge in [0, 0.05) is 39.0 Å². The first-order valence-corrected chi connectivity index (χ1v) is 9.39. The van der Waals surface area contributed by atoms with Crippen molar-refractivity contribution in [3.8, 4) is 5.88 Å². The zero-order chi connectivity index (χ0) is 17.9. The maximum Gasteiger partial charge on any atom is 0.274 e. The van der Waals surface area contributed by atoms with E-state index in [1.54, 1.807) is 6.20 Å². The molecule has 3 heterocycles. The summed E-state index contributed by atoms with van der Waals surface area (Å²) in [5, 5.41) is 0. The highest BCUT2D eigenvalue weighted by Gasteiger charge is 2.26. The number of carbonyl (C=O) groups excluding carboxylic acids is 1. The van der Waals surface area contributed by atoms with Gasteiger partial charge in [0.25, 0.3) is 5.91 Å². The van der Waals surface area contributed by atoms with Crippen molar-refractivity contribution in [2.45, 2.75) is 32.1 Å². The third-order valence-corrected chi connectivity index (χ3v) is 5.21. The number of ether oxygens (including phenoxy) is 1. The molecule has 1 amide bonds. The van der Waals surface area contributed by atoms with E-state index in [-0.39, 0.29) is 5.91 Å². The lowest BCUT2D eigenvalue weighted by Gasteiger charge is -2.32. The molecule has 138 valence electrons. The van der Waals surface area contributed by atoms with Crippen molar-refractivity contribution in [2.75, 3.05) is 19.7 Å². The quantitative estimate of drug-likeness (QED) is 0.793. The number of hydrogen-bond donors (Lipinski definition) is 0. The van der Waals surface area contributed by atoms with Gasteiger partial charge in [-0.1, -0.05) is 0 Å². The summed E-state index contributed by atoms with van der Waals surface area (Å²) in [6.07, 6.45) is 12.4. The standard InChI is InChI=1S/C19H25N5O2/c1-23-8-6-20-17(23)9-15-3-2-7-24(12-15)19(25)16-10-22-18(11-21-16)26-13-14-4-5-14/h6,8,10-11,14-15H,2-5,7,9,12-13H2,1H3. The average Bonchev–Trinajstić information content (AvgIpc) is 3.42. The summed E-state index contributed by atoms with van der Waals surface area (Å²) >= 11 is 0. The van der Waals surface area contributed by atoms with E-state index in [2.05, 4.69) is 15.0 Å². The van der Waals surface area contributed by atoms with Gasteiger partial charge >= 0.3 is 0 Å². The smallest absolute Gasteiger partial charge is 0.274 e. The first kappa shape index (κ1) is 17.0. The second kappa shape index (κ2) is 7.43. The van der Waals surface area contributed by atoms with E-state index in [1.165, 1.54) is 19.0 Å². The van der Waals surface area contributed by atoms with E-state index >= 15 is 0 Å². The fraction of sp³-hybridized carbons (Fsp3) is 0.579. The average molecular weight is 355 g/mol. The molecular weight excluding hydrogens is 330 g/mol. The highest BCUT2D eigenvalue weighted by Crippen LogP contribution is 2.29. The van der Waals surface area contributed by atoms with Crippen LogP contribution in [-0.4, -0.2) is 50.0 Å². The summed E-state index contributed by atoms with van der Waals surface area (Å²) in [6, 6.07) is 0. The van der Waals surface area contributed by atoms with Crippen LogP contribution < -0.4 is 4.74 Å². The minimum atomic E-state index is -0.0456. The third kappa shape index (κ3) is 4.03. The molecule has 1 saturated heterocycles. The molecule has 7 nitrogen and oxygen atoms in total. The number of rotatable bonds is 6. The Balaban J connectivity index is 1.35. The number of imidazole rings is 1. The molecule has 4 rings (SSSR count). The number of likely N-dealkylation sites (tertiary alicyclic amines) is 1. The molecule has 0 bridgehead atoms. The Hall–Kier alpha value is -2.44. The van der Waals surface area contributed by atoms with E-state index in [0.29, 0.717) is 30.0 Å². The number of carbonyl (C=O) groups is 1. The van der Waals surface area contributed by atoms with Crippen LogP contribution in [0, 0.1) is 11.8 Å². The Morgan fingerprint density at radius 2 is 2.08 bits per heavy atom. The lowest BCUT2D eigenvalue weighted by atomic mass is 9.94. The summed E-state index contributed by atoms with van der Waals surface area (Å²) in [5.74, 6) is 2.63. The van der Waals surface area contributed by atoms with Gasteiger partial charge in [-0.25, -0.2) is 15.0 Å². The van der Waals surface area contributed by atoms with Crippen molar-refractivity contribution >= 4 is 5.91 Å². The van der Waals surface area contributed by atoms with E-state index in [1.807, 2.05) is 28.9 Å². The SMILES string of the molecule is Cn1ccnc1CC1CCCN(C(=O)c2cnc(OCC3CC3)cn2)C1. The molecule has 7 heteroatoms. The van der Waals surface area contributed by atoms with Crippen LogP contribution in [0.5, 0.6) is 5.88 Å². The molecule has 0 N–H and O–H groups in total. The Morgan fingerprint density at radius 1 is 1.19 bits per heavy atom. The van der Waals surface area contributed by atoms with E-state index in [4.69, 9.17) is 4.74 Å². The first-order valence-electron chi connectivity index (χ1n) is 9.39. The van der Waals surface area contributed by atoms with E-state index in [9.17, 15) is 4.79 Å². The van der Waals surface area contributed by atoms with Gasteiger partial charge in [-0.05, 0) is 37.5 Å². The van der Waals surface area contributed by atoms with Crippen molar-refractivity contribution < 1.29 is 9.53 Å². The molecule has 0 spiro atoms. The van der Waals surface area contributed by atoms with Crippen LogP contribution in [0.15, 0.2) is 24.8 Å². The molecule has 2 aliphatic rings. The lowest BCUT2D eigenvalue weighted by molar-refractivity contribution is 0.0665. The maximum absolute atomic E-state index is 12.8. The molecular formula is C19H25N5O2. The fourth-order valence-corrected chi connectivity index (χ4v) is 3.42. The van der Waals surface area contributed by atoms with E-state index in [0.717, 1.165) is 38.2 Å². The molecule has 0 radical (unpaired) electrons. The van der Waals surface area contributed by atoms with Crippen molar-refractivity contribution in [3.63, 3.8) is 0 Å². The van der Waals surface area contributed by atoms with Crippen molar-refractivity contribution in [2.24, 2.45) is 18.9 Å². The second-order valence-corrected chi connectivity index (χ2v) is 7.41.